The topological polar surface area (TPSA) is 30.5 Å². The Hall–Kier alpha value is -1.06. The fourth-order valence-electron chi connectivity index (χ4n) is 1.87. The zero-order chi connectivity index (χ0) is 12.5. The highest BCUT2D eigenvalue weighted by molar-refractivity contribution is 5.27. The number of nitrogens with one attached hydrogen (secondary N) is 1. The quantitative estimate of drug-likeness (QED) is 0.751. The first-order valence-electron chi connectivity index (χ1n) is 6.12. The summed E-state index contributed by atoms with van der Waals surface area (Å²) in [4.78, 5) is 0. The van der Waals surface area contributed by atoms with Gasteiger partial charge in [-0.3, -0.25) is 0 Å². The van der Waals surface area contributed by atoms with Crippen molar-refractivity contribution in [3.63, 3.8) is 0 Å². The number of methoxy groups -OCH3 is 2. The number of ether oxygens (including phenoxy) is 2. The summed E-state index contributed by atoms with van der Waals surface area (Å²) >= 11 is 0. The van der Waals surface area contributed by atoms with Crippen molar-refractivity contribution >= 4 is 0 Å². The van der Waals surface area contributed by atoms with Gasteiger partial charge in [-0.25, -0.2) is 0 Å². The Labute approximate surface area is 104 Å². The van der Waals surface area contributed by atoms with Crippen LogP contribution in [0.5, 0.6) is 5.75 Å². The molecule has 1 N–H and O–H groups in total. The van der Waals surface area contributed by atoms with E-state index in [0.717, 1.165) is 31.9 Å². The molecule has 0 aromatic heterocycles. The maximum Gasteiger partial charge on any atom is 0.118 e. The highest BCUT2D eigenvalue weighted by atomic mass is 16.5. The van der Waals surface area contributed by atoms with Gasteiger partial charge in [0, 0.05) is 13.7 Å². The second-order valence-electron chi connectivity index (χ2n) is 4.18. The Morgan fingerprint density at radius 3 is 2.41 bits per heavy atom. The average molecular weight is 237 g/mol. The van der Waals surface area contributed by atoms with Crippen LogP contribution in [0.4, 0.5) is 0 Å². The number of hydrogen-bond donors (Lipinski definition) is 1. The van der Waals surface area contributed by atoms with E-state index in [0.29, 0.717) is 5.92 Å². The SMILES string of the molecule is CCNCC(COC)Cc1ccc(OC)cc1. The minimum Gasteiger partial charge on any atom is -0.497 e. The molecule has 1 unspecified atom stereocenters. The molecule has 0 aliphatic rings. The molecule has 0 aliphatic heterocycles. The van der Waals surface area contributed by atoms with Crippen LogP contribution in [-0.2, 0) is 11.2 Å². The minimum absolute atomic E-state index is 0.522. The molecule has 0 spiro atoms. The molecule has 0 fully saturated rings. The fraction of sp³-hybridized carbons (Fsp3) is 0.571. The zero-order valence-corrected chi connectivity index (χ0v) is 11.0. The van der Waals surface area contributed by atoms with Crippen LogP contribution in [0.15, 0.2) is 24.3 Å². The Morgan fingerprint density at radius 2 is 1.88 bits per heavy atom. The third-order valence-electron chi connectivity index (χ3n) is 2.77. The van der Waals surface area contributed by atoms with E-state index >= 15 is 0 Å². The summed E-state index contributed by atoms with van der Waals surface area (Å²) < 4.78 is 10.4. The molecule has 1 atom stereocenters. The van der Waals surface area contributed by atoms with E-state index in [-0.39, 0.29) is 0 Å². The van der Waals surface area contributed by atoms with Crippen molar-refractivity contribution in [3.05, 3.63) is 29.8 Å². The van der Waals surface area contributed by atoms with E-state index in [1.54, 1.807) is 14.2 Å². The summed E-state index contributed by atoms with van der Waals surface area (Å²) in [6, 6.07) is 8.25. The lowest BCUT2D eigenvalue weighted by atomic mass is 10.00. The Morgan fingerprint density at radius 1 is 1.18 bits per heavy atom. The molecule has 0 saturated heterocycles. The summed E-state index contributed by atoms with van der Waals surface area (Å²) in [5, 5.41) is 3.37. The lowest BCUT2D eigenvalue weighted by molar-refractivity contribution is 0.151. The van der Waals surface area contributed by atoms with Crippen molar-refractivity contribution in [1.82, 2.24) is 5.32 Å². The van der Waals surface area contributed by atoms with Gasteiger partial charge in [0.1, 0.15) is 5.75 Å². The molecule has 17 heavy (non-hydrogen) atoms. The molecule has 0 saturated carbocycles. The van der Waals surface area contributed by atoms with Gasteiger partial charge in [-0.05, 0) is 36.6 Å². The van der Waals surface area contributed by atoms with Crippen LogP contribution >= 0.6 is 0 Å². The Bertz CT molecular complexity index is 298. The van der Waals surface area contributed by atoms with Gasteiger partial charge in [-0.15, -0.1) is 0 Å². The average Bonchev–Trinajstić information content (AvgIpc) is 2.37. The van der Waals surface area contributed by atoms with Crippen LogP contribution in [-0.4, -0.2) is 33.9 Å². The lowest BCUT2D eigenvalue weighted by Gasteiger charge is -2.16. The second-order valence-corrected chi connectivity index (χ2v) is 4.18. The maximum atomic E-state index is 5.25. The molecule has 0 aliphatic carbocycles. The molecular formula is C14H23NO2. The van der Waals surface area contributed by atoms with E-state index in [9.17, 15) is 0 Å². The summed E-state index contributed by atoms with van der Waals surface area (Å²) in [7, 11) is 3.45. The second kappa shape index (κ2) is 8.09. The van der Waals surface area contributed by atoms with Gasteiger partial charge in [0.2, 0.25) is 0 Å². The molecule has 1 aromatic carbocycles. The highest BCUT2D eigenvalue weighted by Crippen LogP contribution is 2.14. The lowest BCUT2D eigenvalue weighted by Crippen LogP contribution is -2.27. The van der Waals surface area contributed by atoms with Crippen molar-refractivity contribution in [2.75, 3.05) is 33.9 Å². The van der Waals surface area contributed by atoms with E-state index in [4.69, 9.17) is 9.47 Å². The normalized spacial score (nSPS) is 12.4. The molecule has 96 valence electrons. The molecule has 1 rings (SSSR count). The number of benzene rings is 1. The first kappa shape index (κ1) is 14.0. The van der Waals surface area contributed by atoms with Crippen LogP contribution < -0.4 is 10.1 Å². The predicted molar refractivity (Wildman–Crippen MR) is 70.6 cm³/mol. The summed E-state index contributed by atoms with van der Waals surface area (Å²) in [5.74, 6) is 1.43. The van der Waals surface area contributed by atoms with Crippen molar-refractivity contribution < 1.29 is 9.47 Å². The summed E-state index contributed by atoms with van der Waals surface area (Å²) in [5.41, 5.74) is 1.32. The van der Waals surface area contributed by atoms with Crippen molar-refractivity contribution in [2.45, 2.75) is 13.3 Å². The standard InChI is InChI=1S/C14H23NO2/c1-4-15-10-13(11-16-2)9-12-5-7-14(17-3)8-6-12/h5-8,13,15H,4,9-11H2,1-3H3. The molecular weight excluding hydrogens is 214 g/mol. The highest BCUT2D eigenvalue weighted by Gasteiger charge is 2.09. The molecule has 0 amide bonds. The van der Waals surface area contributed by atoms with Gasteiger partial charge in [-0.2, -0.15) is 0 Å². The molecule has 0 radical (unpaired) electrons. The first-order chi connectivity index (χ1) is 8.30. The monoisotopic (exact) mass is 237 g/mol. The van der Waals surface area contributed by atoms with Gasteiger partial charge in [-0.1, -0.05) is 19.1 Å². The van der Waals surface area contributed by atoms with Crippen molar-refractivity contribution in [1.29, 1.82) is 0 Å². The number of hydrogen-bond acceptors (Lipinski definition) is 3. The maximum absolute atomic E-state index is 5.25. The largest absolute Gasteiger partial charge is 0.497 e. The van der Waals surface area contributed by atoms with Crippen LogP contribution in [0.2, 0.25) is 0 Å². The van der Waals surface area contributed by atoms with Gasteiger partial charge in [0.05, 0.1) is 13.7 Å². The third kappa shape index (κ3) is 5.20. The van der Waals surface area contributed by atoms with E-state index in [1.807, 2.05) is 12.1 Å². The molecule has 1 aromatic rings. The van der Waals surface area contributed by atoms with Gasteiger partial charge in [0.25, 0.3) is 0 Å². The van der Waals surface area contributed by atoms with Gasteiger partial charge in [0.15, 0.2) is 0 Å². The molecule has 3 nitrogen and oxygen atoms in total. The smallest absolute Gasteiger partial charge is 0.118 e. The molecule has 0 bridgehead atoms. The zero-order valence-electron chi connectivity index (χ0n) is 11.0. The minimum atomic E-state index is 0.522. The van der Waals surface area contributed by atoms with E-state index in [2.05, 4.69) is 24.4 Å². The molecule has 3 heteroatoms. The van der Waals surface area contributed by atoms with Crippen molar-refractivity contribution in [3.8, 4) is 5.75 Å². The fourth-order valence-corrected chi connectivity index (χ4v) is 1.87. The first-order valence-corrected chi connectivity index (χ1v) is 6.12. The summed E-state index contributed by atoms with van der Waals surface area (Å²) in [6.45, 7) is 4.91. The van der Waals surface area contributed by atoms with E-state index < -0.39 is 0 Å². The van der Waals surface area contributed by atoms with Gasteiger partial charge < -0.3 is 14.8 Å². The van der Waals surface area contributed by atoms with Crippen LogP contribution in [0.25, 0.3) is 0 Å². The van der Waals surface area contributed by atoms with Crippen LogP contribution in [0, 0.1) is 5.92 Å². The van der Waals surface area contributed by atoms with Crippen molar-refractivity contribution in [2.24, 2.45) is 5.92 Å². The van der Waals surface area contributed by atoms with E-state index in [1.165, 1.54) is 5.56 Å². The summed E-state index contributed by atoms with van der Waals surface area (Å²) in [6.07, 6.45) is 1.03. The predicted octanol–water partition coefficient (Wildman–Crippen LogP) is 2.11. The van der Waals surface area contributed by atoms with Crippen LogP contribution in [0.3, 0.4) is 0 Å². The Kier molecular flexibility index (Phi) is 6.67. The van der Waals surface area contributed by atoms with Gasteiger partial charge >= 0.3 is 0 Å². The third-order valence-corrected chi connectivity index (χ3v) is 2.77. The van der Waals surface area contributed by atoms with Crippen LogP contribution in [0.1, 0.15) is 12.5 Å². The molecule has 0 heterocycles. The Balaban J connectivity index is 2.51. The number of rotatable bonds is 8.